The molecule has 1 aliphatic rings. The molecule has 0 saturated carbocycles. The predicted molar refractivity (Wildman–Crippen MR) is 117 cm³/mol. The topological polar surface area (TPSA) is 79.6 Å². The Bertz CT molecular complexity index is 837. The molecule has 1 saturated heterocycles. The summed E-state index contributed by atoms with van der Waals surface area (Å²) in [5.74, 6) is 0.659. The molecule has 2 aromatic heterocycles. The van der Waals surface area contributed by atoms with Crippen molar-refractivity contribution in [2.24, 2.45) is 0 Å². The SMILES string of the molecule is Cc1ccc(C(=O)CCC(=O)CCC(=O)NCC(c2ccco2)N2CCCCC2)s1. The molecule has 0 radical (unpaired) electrons. The molecule has 1 amide bonds. The molecule has 0 bridgehead atoms. The molecule has 1 aliphatic heterocycles. The average Bonchev–Trinajstić information content (AvgIpc) is 3.43. The van der Waals surface area contributed by atoms with E-state index in [9.17, 15) is 14.4 Å². The van der Waals surface area contributed by atoms with Crippen LogP contribution in [0.4, 0.5) is 0 Å². The molecule has 162 valence electrons. The van der Waals surface area contributed by atoms with Gasteiger partial charge < -0.3 is 9.73 Å². The predicted octanol–water partition coefficient (Wildman–Crippen LogP) is 4.31. The van der Waals surface area contributed by atoms with Gasteiger partial charge in [0.2, 0.25) is 5.91 Å². The van der Waals surface area contributed by atoms with E-state index in [0.29, 0.717) is 11.4 Å². The van der Waals surface area contributed by atoms with Crippen LogP contribution in [0.1, 0.15) is 71.3 Å². The molecule has 30 heavy (non-hydrogen) atoms. The number of thiophene rings is 1. The summed E-state index contributed by atoms with van der Waals surface area (Å²) in [5, 5.41) is 2.96. The molecule has 0 aliphatic carbocycles. The van der Waals surface area contributed by atoms with Gasteiger partial charge in [-0.3, -0.25) is 19.3 Å². The lowest BCUT2D eigenvalue weighted by molar-refractivity contribution is -0.125. The zero-order valence-electron chi connectivity index (χ0n) is 17.5. The second-order valence-electron chi connectivity index (χ2n) is 7.80. The van der Waals surface area contributed by atoms with Crippen molar-refractivity contribution in [1.29, 1.82) is 0 Å². The van der Waals surface area contributed by atoms with Gasteiger partial charge in [0.1, 0.15) is 11.5 Å². The van der Waals surface area contributed by atoms with E-state index in [2.05, 4.69) is 10.2 Å². The van der Waals surface area contributed by atoms with Crippen molar-refractivity contribution in [3.63, 3.8) is 0 Å². The number of Topliss-reactive ketones (excluding diaryl/α,β-unsaturated/α-hetero) is 2. The monoisotopic (exact) mass is 430 g/mol. The first-order valence-electron chi connectivity index (χ1n) is 10.7. The molecule has 0 aromatic carbocycles. The number of rotatable bonds is 11. The van der Waals surface area contributed by atoms with Crippen molar-refractivity contribution in [3.05, 3.63) is 46.0 Å². The van der Waals surface area contributed by atoms with E-state index in [0.717, 1.165) is 36.6 Å². The maximum atomic E-state index is 12.3. The van der Waals surface area contributed by atoms with Gasteiger partial charge >= 0.3 is 0 Å². The molecule has 1 fully saturated rings. The number of hydrogen-bond acceptors (Lipinski definition) is 6. The van der Waals surface area contributed by atoms with Gasteiger partial charge in [-0.05, 0) is 57.1 Å². The highest BCUT2D eigenvalue weighted by Crippen LogP contribution is 2.24. The molecule has 6 nitrogen and oxygen atoms in total. The molecule has 7 heteroatoms. The van der Waals surface area contributed by atoms with Crippen molar-refractivity contribution in [1.82, 2.24) is 10.2 Å². The molecule has 3 heterocycles. The number of carbonyl (C=O) groups excluding carboxylic acids is 3. The first-order valence-corrected chi connectivity index (χ1v) is 11.5. The van der Waals surface area contributed by atoms with Crippen LogP contribution in [0.5, 0.6) is 0 Å². The molecular formula is C23H30N2O4S. The minimum absolute atomic E-state index is 0.00581. The minimum Gasteiger partial charge on any atom is -0.468 e. The van der Waals surface area contributed by atoms with Crippen LogP contribution < -0.4 is 5.32 Å². The largest absolute Gasteiger partial charge is 0.468 e. The van der Waals surface area contributed by atoms with E-state index in [4.69, 9.17) is 4.42 Å². The molecule has 1 unspecified atom stereocenters. The average molecular weight is 431 g/mol. The maximum absolute atomic E-state index is 12.3. The van der Waals surface area contributed by atoms with Crippen molar-refractivity contribution in [3.8, 4) is 0 Å². The van der Waals surface area contributed by atoms with Crippen molar-refractivity contribution >= 4 is 28.8 Å². The Hall–Kier alpha value is -2.25. The van der Waals surface area contributed by atoms with Crippen molar-refractivity contribution in [2.45, 2.75) is 57.9 Å². The van der Waals surface area contributed by atoms with E-state index in [1.54, 1.807) is 12.3 Å². The second-order valence-corrected chi connectivity index (χ2v) is 9.09. The van der Waals surface area contributed by atoms with Crippen LogP contribution in [0.3, 0.4) is 0 Å². The number of nitrogens with zero attached hydrogens (tertiary/aromatic N) is 1. The van der Waals surface area contributed by atoms with E-state index in [-0.39, 0.29) is 49.2 Å². The Labute approximate surface area is 181 Å². The quantitative estimate of drug-likeness (QED) is 0.538. The summed E-state index contributed by atoms with van der Waals surface area (Å²) in [6.07, 6.45) is 5.92. The Morgan fingerprint density at radius 3 is 2.50 bits per heavy atom. The van der Waals surface area contributed by atoms with Gasteiger partial charge in [-0.1, -0.05) is 6.42 Å². The molecule has 0 spiro atoms. The number of aryl methyl sites for hydroxylation is 1. The zero-order chi connectivity index (χ0) is 21.3. The first-order chi connectivity index (χ1) is 14.5. The third-order valence-electron chi connectivity index (χ3n) is 5.47. The lowest BCUT2D eigenvalue weighted by Crippen LogP contribution is -2.40. The zero-order valence-corrected chi connectivity index (χ0v) is 18.3. The Kier molecular flexibility index (Phi) is 8.39. The van der Waals surface area contributed by atoms with Gasteiger partial charge in [0.05, 0.1) is 17.2 Å². The van der Waals surface area contributed by atoms with Crippen LogP contribution in [0.2, 0.25) is 0 Å². The van der Waals surface area contributed by atoms with Crippen LogP contribution in [0, 0.1) is 6.92 Å². The summed E-state index contributed by atoms with van der Waals surface area (Å²) in [6, 6.07) is 7.54. The number of hydrogen-bond donors (Lipinski definition) is 1. The highest BCUT2D eigenvalue weighted by Gasteiger charge is 2.25. The third kappa shape index (κ3) is 6.64. The fraction of sp³-hybridized carbons (Fsp3) is 0.522. The normalized spacial score (nSPS) is 15.6. The first kappa shape index (κ1) is 22.4. The molecule has 1 N–H and O–H groups in total. The summed E-state index contributed by atoms with van der Waals surface area (Å²) >= 11 is 1.45. The lowest BCUT2D eigenvalue weighted by Gasteiger charge is -2.33. The van der Waals surface area contributed by atoms with Gasteiger partial charge in [0.25, 0.3) is 0 Å². The summed E-state index contributed by atoms with van der Waals surface area (Å²) in [7, 11) is 0. The smallest absolute Gasteiger partial charge is 0.220 e. The highest BCUT2D eigenvalue weighted by molar-refractivity contribution is 7.14. The maximum Gasteiger partial charge on any atom is 0.220 e. The van der Waals surface area contributed by atoms with Crippen molar-refractivity contribution < 1.29 is 18.8 Å². The van der Waals surface area contributed by atoms with Crippen LogP contribution in [-0.4, -0.2) is 42.0 Å². The van der Waals surface area contributed by atoms with Crippen LogP contribution >= 0.6 is 11.3 Å². The third-order valence-corrected chi connectivity index (χ3v) is 6.51. The number of piperidine rings is 1. The van der Waals surface area contributed by atoms with Crippen LogP contribution in [-0.2, 0) is 9.59 Å². The molecule has 3 rings (SSSR count). The summed E-state index contributed by atoms with van der Waals surface area (Å²) in [6.45, 7) is 4.42. The Balaban J connectivity index is 1.39. The number of ketones is 2. The molecule has 2 aromatic rings. The summed E-state index contributed by atoms with van der Waals surface area (Å²) in [4.78, 5) is 40.6. The van der Waals surface area contributed by atoms with Gasteiger partial charge in [-0.2, -0.15) is 0 Å². The van der Waals surface area contributed by atoms with E-state index in [1.165, 1.54) is 17.8 Å². The van der Waals surface area contributed by atoms with E-state index in [1.807, 2.05) is 25.1 Å². The number of carbonyl (C=O) groups is 3. The number of amides is 1. The minimum atomic E-state index is -0.142. The van der Waals surface area contributed by atoms with Crippen LogP contribution in [0.15, 0.2) is 34.9 Å². The fourth-order valence-corrected chi connectivity index (χ4v) is 4.59. The number of furan rings is 1. The van der Waals surface area contributed by atoms with Crippen LogP contribution in [0.25, 0.3) is 0 Å². The summed E-state index contributed by atoms with van der Waals surface area (Å²) in [5.41, 5.74) is 0. The number of likely N-dealkylation sites (tertiary alicyclic amines) is 1. The fourth-order valence-electron chi connectivity index (χ4n) is 3.76. The van der Waals surface area contributed by atoms with Gasteiger partial charge in [-0.15, -0.1) is 11.3 Å². The highest BCUT2D eigenvalue weighted by atomic mass is 32.1. The van der Waals surface area contributed by atoms with Gasteiger partial charge in [0, 0.05) is 37.1 Å². The Morgan fingerprint density at radius 1 is 1.07 bits per heavy atom. The molecule has 1 atom stereocenters. The second kappa shape index (κ2) is 11.2. The number of nitrogens with one attached hydrogen (secondary N) is 1. The van der Waals surface area contributed by atoms with Gasteiger partial charge in [0.15, 0.2) is 5.78 Å². The van der Waals surface area contributed by atoms with Crippen molar-refractivity contribution in [2.75, 3.05) is 19.6 Å². The molecular weight excluding hydrogens is 400 g/mol. The van der Waals surface area contributed by atoms with E-state index >= 15 is 0 Å². The van der Waals surface area contributed by atoms with E-state index < -0.39 is 0 Å². The lowest BCUT2D eigenvalue weighted by atomic mass is 10.1. The Morgan fingerprint density at radius 2 is 1.83 bits per heavy atom. The van der Waals surface area contributed by atoms with Gasteiger partial charge in [-0.25, -0.2) is 0 Å². The summed E-state index contributed by atoms with van der Waals surface area (Å²) < 4.78 is 5.59. The standard InChI is InChI=1S/C23H30N2O4S/c1-17-7-11-22(30-17)20(27)10-8-18(26)9-12-23(28)24-16-19(21-6-5-15-29-21)25-13-3-2-4-14-25/h5-7,11,15,19H,2-4,8-10,12-14,16H2,1H3,(H,24,28).